The highest BCUT2D eigenvalue weighted by atomic mass is 35.5. The Bertz CT molecular complexity index is 958. The maximum atomic E-state index is 12.4. The van der Waals surface area contributed by atoms with E-state index in [0.717, 1.165) is 5.56 Å². The molecular weight excluding hydrogens is 342 g/mol. The Morgan fingerprint density at radius 2 is 1.92 bits per heavy atom. The Labute approximate surface area is 149 Å². The van der Waals surface area contributed by atoms with Gasteiger partial charge in [-0.1, -0.05) is 29.8 Å². The predicted molar refractivity (Wildman–Crippen MR) is 94.9 cm³/mol. The van der Waals surface area contributed by atoms with E-state index in [9.17, 15) is 9.59 Å². The number of esters is 1. The molecule has 130 valence electrons. The molecule has 6 nitrogen and oxygen atoms in total. The minimum Gasteiger partial charge on any atom is -0.463 e. The zero-order valence-electron chi connectivity index (χ0n) is 14.0. The first-order valence-electron chi connectivity index (χ1n) is 7.87. The molecule has 0 bridgehead atoms. The molecule has 3 rings (SSSR count). The zero-order valence-corrected chi connectivity index (χ0v) is 14.7. The van der Waals surface area contributed by atoms with E-state index in [-0.39, 0.29) is 24.8 Å². The SMILES string of the molecule is CC(C)(C(=O)OCCn1nc2ccccn2c1=O)c1ccc(Cl)cc1. The molecule has 3 aromatic rings. The summed E-state index contributed by atoms with van der Waals surface area (Å²) in [5.74, 6) is -0.369. The lowest BCUT2D eigenvalue weighted by atomic mass is 9.85. The monoisotopic (exact) mass is 359 g/mol. The fourth-order valence-corrected chi connectivity index (χ4v) is 2.63. The molecule has 0 saturated heterocycles. The first-order valence-corrected chi connectivity index (χ1v) is 8.25. The summed E-state index contributed by atoms with van der Waals surface area (Å²) >= 11 is 5.88. The molecule has 25 heavy (non-hydrogen) atoms. The normalized spacial score (nSPS) is 11.6. The summed E-state index contributed by atoms with van der Waals surface area (Å²) in [5.41, 5.74) is 0.296. The predicted octanol–water partition coefficient (Wildman–Crippen LogP) is 2.67. The molecule has 0 fully saturated rings. The molecule has 0 unspecified atom stereocenters. The molecule has 2 aromatic heterocycles. The molecule has 7 heteroatoms. The lowest BCUT2D eigenvalue weighted by molar-refractivity contribution is -0.149. The van der Waals surface area contributed by atoms with Gasteiger partial charge in [0.05, 0.1) is 12.0 Å². The zero-order chi connectivity index (χ0) is 18.0. The van der Waals surface area contributed by atoms with Gasteiger partial charge in [-0.25, -0.2) is 9.48 Å². The number of pyridine rings is 1. The van der Waals surface area contributed by atoms with Crippen LogP contribution in [0.3, 0.4) is 0 Å². The molecule has 0 spiro atoms. The number of rotatable bonds is 5. The Morgan fingerprint density at radius 3 is 2.60 bits per heavy atom. The molecular formula is C18H18ClN3O3. The van der Waals surface area contributed by atoms with E-state index in [2.05, 4.69) is 5.10 Å². The first kappa shape index (κ1) is 17.2. The van der Waals surface area contributed by atoms with E-state index < -0.39 is 5.41 Å². The van der Waals surface area contributed by atoms with Gasteiger partial charge in [-0.05, 0) is 43.7 Å². The van der Waals surface area contributed by atoms with Crippen molar-refractivity contribution in [3.05, 3.63) is 69.7 Å². The number of aromatic nitrogens is 3. The summed E-state index contributed by atoms with van der Waals surface area (Å²) in [5, 5.41) is 4.81. The summed E-state index contributed by atoms with van der Waals surface area (Å²) in [7, 11) is 0. The average molecular weight is 360 g/mol. The molecule has 0 radical (unpaired) electrons. The van der Waals surface area contributed by atoms with Crippen molar-refractivity contribution in [2.45, 2.75) is 25.8 Å². The summed E-state index contributed by atoms with van der Waals surface area (Å²) in [6, 6.07) is 12.4. The fourth-order valence-electron chi connectivity index (χ4n) is 2.50. The van der Waals surface area contributed by atoms with E-state index >= 15 is 0 Å². The van der Waals surface area contributed by atoms with Crippen LogP contribution in [0.25, 0.3) is 5.65 Å². The van der Waals surface area contributed by atoms with E-state index in [1.165, 1.54) is 9.08 Å². The lowest BCUT2D eigenvalue weighted by Crippen LogP contribution is -2.32. The van der Waals surface area contributed by atoms with E-state index in [1.54, 1.807) is 62.5 Å². The summed E-state index contributed by atoms with van der Waals surface area (Å²) < 4.78 is 8.10. The molecule has 0 atom stereocenters. The van der Waals surface area contributed by atoms with Crippen LogP contribution in [0.15, 0.2) is 53.5 Å². The van der Waals surface area contributed by atoms with Crippen molar-refractivity contribution >= 4 is 23.2 Å². The molecule has 2 heterocycles. The van der Waals surface area contributed by atoms with Crippen LogP contribution in [0, 0.1) is 0 Å². The van der Waals surface area contributed by atoms with Gasteiger partial charge in [0.2, 0.25) is 0 Å². The third kappa shape index (κ3) is 3.44. The van der Waals surface area contributed by atoms with Gasteiger partial charge < -0.3 is 4.74 Å². The van der Waals surface area contributed by atoms with Gasteiger partial charge in [-0.15, -0.1) is 5.10 Å². The van der Waals surface area contributed by atoms with Gasteiger partial charge >= 0.3 is 11.7 Å². The van der Waals surface area contributed by atoms with Crippen LogP contribution < -0.4 is 5.69 Å². The Morgan fingerprint density at radius 1 is 1.20 bits per heavy atom. The lowest BCUT2D eigenvalue weighted by Gasteiger charge is -2.23. The van der Waals surface area contributed by atoms with E-state index in [0.29, 0.717) is 10.7 Å². The largest absolute Gasteiger partial charge is 0.463 e. The van der Waals surface area contributed by atoms with E-state index in [1.807, 2.05) is 0 Å². The van der Waals surface area contributed by atoms with Crippen molar-refractivity contribution in [1.82, 2.24) is 14.2 Å². The summed E-state index contributed by atoms with van der Waals surface area (Å²) in [6.07, 6.45) is 1.65. The first-order chi connectivity index (χ1) is 11.9. The second kappa shape index (κ2) is 6.72. The van der Waals surface area contributed by atoms with Crippen molar-refractivity contribution in [1.29, 1.82) is 0 Å². The van der Waals surface area contributed by atoms with Crippen LogP contribution in [-0.4, -0.2) is 26.8 Å². The number of benzene rings is 1. The molecule has 0 N–H and O–H groups in total. The average Bonchev–Trinajstić information content (AvgIpc) is 2.92. The quantitative estimate of drug-likeness (QED) is 0.657. The summed E-state index contributed by atoms with van der Waals surface area (Å²) in [6.45, 7) is 3.84. The topological polar surface area (TPSA) is 65.6 Å². The number of nitrogens with zero attached hydrogens (tertiary/aromatic N) is 3. The van der Waals surface area contributed by atoms with Crippen LogP contribution in [0.5, 0.6) is 0 Å². The van der Waals surface area contributed by atoms with E-state index in [4.69, 9.17) is 16.3 Å². The van der Waals surface area contributed by atoms with Gasteiger partial charge in [-0.2, -0.15) is 0 Å². The van der Waals surface area contributed by atoms with Gasteiger partial charge in [-0.3, -0.25) is 9.20 Å². The smallest absolute Gasteiger partial charge is 0.350 e. The molecule has 0 aliphatic rings. The number of carbonyl (C=O) groups is 1. The van der Waals surface area contributed by atoms with Crippen molar-refractivity contribution in [3.63, 3.8) is 0 Å². The Hall–Kier alpha value is -2.60. The van der Waals surface area contributed by atoms with Crippen molar-refractivity contribution in [3.8, 4) is 0 Å². The standard InChI is InChI=1S/C18H18ClN3O3/c1-18(2,13-6-8-14(19)9-7-13)16(23)25-12-11-22-17(24)21-10-4-3-5-15(21)20-22/h3-10H,11-12H2,1-2H3. The summed E-state index contributed by atoms with van der Waals surface area (Å²) in [4.78, 5) is 24.6. The number of halogens is 1. The Balaban J connectivity index is 1.66. The van der Waals surface area contributed by atoms with Crippen molar-refractivity contribution < 1.29 is 9.53 Å². The van der Waals surface area contributed by atoms with Crippen LogP contribution in [0.2, 0.25) is 5.02 Å². The fraction of sp³-hybridized carbons (Fsp3) is 0.278. The highest BCUT2D eigenvalue weighted by Crippen LogP contribution is 2.26. The number of hydrogen-bond donors (Lipinski definition) is 0. The van der Waals surface area contributed by atoms with Crippen LogP contribution in [0.1, 0.15) is 19.4 Å². The van der Waals surface area contributed by atoms with Crippen molar-refractivity contribution in [2.24, 2.45) is 0 Å². The highest BCUT2D eigenvalue weighted by molar-refractivity contribution is 6.30. The minimum atomic E-state index is -0.811. The highest BCUT2D eigenvalue weighted by Gasteiger charge is 2.31. The molecule has 1 aromatic carbocycles. The van der Waals surface area contributed by atoms with Crippen molar-refractivity contribution in [2.75, 3.05) is 6.61 Å². The number of ether oxygens (including phenoxy) is 1. The van der Waals surface area contributed by atoms with Gasteiger partial charge in [0.25, 0.3) is 0 Å². The molecule has 0 saturated carbocycles. The molecule has 0 aliphatic heterocycles. The second-order valence-electron chi connectivity index (χ2n) is 6.20. The Kier molecular flexibility index (Phi) is 4.63. The van der Waals surface area contributed by atoms with Gasteiger partial charge in [0, 0.05) is 11.2 Å². The molecule has 0 amide bonds. The van der Waals surface area contributed by atoms with Crippen LogP contribution >= 0.6 is 11.6 Å². The van der Waals surface area contributed by atoms with Gasteiger partial charge in [0.15, 0.2) is 5.65 Å². The molecule has 0 aliphatic carbocycles. The minimum absolute atomic E-state index is 0.0691. The number of hydrogen-bond acceptors (Lipinski definition) is 4. The number of carbonyl (C=O) groups excluding carboxylic acids is 1. The van der Waals surface area contributed by atoms with Crippen LogP contribution in [0.4, 0.5) is 0 Å². The third-order valence-electron chi connectivity index (χ3n) is 4.10. The third-order valence-corrected chi connectivity index (χ3v) is 4.35. The maximum absolute atomic E-state index is 12.4. The number of fused-ring (bicyclic) bond motifs is 1. The van der Waals surface area contributed by atoms with Gasteiger partial charge in [0.1, 0.15) is 6.61 Å². The second-order valence-corrected chi connectivity index (χ2v) is 6.64. The maximum Gasteiger partial charge on any atom is 0.350 e. The van der Waals surface area contributed by atoms with Crippen LogP contribution in [-0.2, 0) is 21.5 Å².